The van der Waals surface area contributed by atoms with Gasteiger partial charge in [-0.15, -0.1) is 11.8 Å². The molecule has 4 nitrogen and oxygen atoms in total. The van der Waals surface area contributed by atoms with Crippen molar-refractivity contribution in [1.29, 1.82) is 0 Å². The van der Waals surface area contributed by atoms with E-state index in [0.717, 1.165) is 35.7 Å². The Hall–Kier alpha value is -1.66. The average molecular weight is 505 g/mol. The van der Waals surface area contributed by atoms with Gasteiger partial charge in [0.25, 0.3) is 0 Å². The van der Waals surface area contributed by atoms with Crippen molar-refractivity contribution < 1.29 is 19.1 Å². The molecule has 0 amide bonds. The van der Waals surface area contributed by atoms with Crippen LogP contribution >= 0.6 is 23.5 Å². The minimum absolute atomic E-state index is 0.0408. The third kappa shape index (κ3) is 9.91. The zero-order valence-corrected chi connectivity index (χ0v) is 22.9. The van der Waals surface area contributed by atoms with Gasteiger partial charge in [-0.05, 0) is 43.4 Å². The molecule has 0 saturated carbocycles. The van der Waals surface area contributed by atoms with E-state index in [4.69, 9.17) is 9.47 Å². The third-order valence-corrected chi connectivity index (χ3v) is 8.21. The maximum atomic E-state index is 12.5. The van der Waals surface area contributed by atoms with Gasteiger partial charge in [-0.25, -0.2) is 0 Å². The fourth-order valence-corrected chi connectivity index (χ4v) is 5.93. The van der Waals surface area contributed by atoms with Gasteiger partial charge in [0, 0.05) is 28.7 Å². The van der Waals surface area contributed by atoms with Crippen LogP contribution < -0.4 is 0 Å². The van der Waals surface area contributed by atoms with Crippen molar-refractivity contribution in [2.45, 2.75) is 60.5 Å². The molecule has 1 aromatic carbocycles. The lowest BCUT2D eigenvalue weighted by Crippen LogP contribution is -2.28. The van der Waals surface area contributed by atoms with Crippen LogP contribution in [0.25, 0.3) is 0 Å². The fraction of sp³-hybridized carbons (Fsp3) is 0.571. The van der Waals surface area contributed by atoms with E-state index >= 15 is 0 Å². The molecule has 0 N–H and O–H groups in total. The SMILES string of the molecule is CCCC(=O)OCC1C=CC(SCCSCCC(C)(C)C(=O)OCc2ccccc2)=CC1(C)C. The Labute approximate surface area is 214 Å². The summed E-state index contributed by atoms with van der Waals surface area (Å²) >= 11 is 3.74. The molecule has 6 heteroatoms. The molecule has 0 spiro atoms. The van der Waals surface area contributed by atoms with E-state index in [1.54, 1.807) is 0 Å². The van der Waals surface area contributed by atoms with E-state index in [-0.39, 0.29) is 23.3 Å². The lowest BCUT2D eigenvalue weighted by Gasteiger charge is -2.32. The molecule has 0 saturated heterocycles. The Kier molecular flexibility index (Phi) is 11.8. The fourth-order valence-electron chi connectivity index (χ4n) is 3.47. The normalized spacial score (nSPS) is 17.2. The molecule has 0 bridgehead atoms. The van der Waals surface area contributed by atoms with Crippen LogP contribution in [0.4, 0.5) is 0 Å². The summed E-state index contributed by atoms with van der Waals surface area (Å²) in [5, 5.41) is 0. The predicted molar refractivity (Wildman–Crippen MR) is 145 cm³/mol. The Morgan fingerprint density at radius 1 is 1.06 bits per heavy atom. The first-order chi connectivity index (χ1) is 16.1. The number of thioether (sulfide) groups is 2. The second kappa shape index (κ2) is 14.0. The minimum atomic E-state index is -0.483. The quantitative estimate of drug-likeness (QED) is 0.200. The maximum Gasteiger partial charge on any atom is 0.311 e. The monoisotopic (exact) mass is 504 g/mol. The summed E-state index contributed by atoms with van der Waals surface area (Å²) in [5.74, 6) is 2.94. The van der Waals surface area contributed by atoms with Crippen LogP contribution in [-0.2, 0) is 25.7 Å². The molecule has 0 fully saturated rings. The summed E-state index contributed by atoms with van der Waals surface area (Å²) in [6.07, 6.45) is 8.73. The number of ether oxygens (including phenoxy) is 2. The van der Waals surface area contributed by atoms with Gasteiger partial charge in [0.05, 0.1) is 12.0 Å². The molecule has 34 heavy (non-hydrogen) atoms. The second-order valence-corrected chi connectivity index (χ2v) is 12.3. The molecule has 1 aliphatic carbocycles. The summed E-state index contributed by atoms with van der Waals surface area (Å²) in [7, 11) is 0. The van der Waals surface area contributed by atoms with Crippen LogP contribution in [0.3, 0.4) is 0 Å². The summed E-state index contributed by atoms with van der Waals surface area (Å²) < 4.78 is 11.0. The van der Waals surface area contributed by atoms with E-state index in [2.05, 4.69) is 32.1 Å². The van der Waals surface area contributed by atoms with Crippen molar-refractivity contribution in [2.75, 3.05) is 23.9 Å². The first-order valence-electron chi connectivity index (χ1n) is 12.1. The lowest BCUT2D eigenvalue weighted by molar-refractivity contribution is -0.155. The molecule has 1 aliphatic rings. The van der Waals surface area contributed by atoms with Gasteiger partial charge < -0.3 is 9.47 Å². The van der Waals surface area contributed by atoms with Gasteiger partial charge in [0.2, 0.25) is 0 Å². The molecule has 1 atom stereocenters. The van der Waals surface area contributed by atoms with Gasteiger partial charge >= 0.3 is 11.9 Å². The van der Waals surface area contributed by atoms with Crippen LogP contribution in [0.2, 0.25) is 0 Å². The Balaban J connectivity index is 1.64. The summed E-state index contributed by atoms with van der Waals surface area (Å²) in [4.78, 5) is 25.4. The van der Waals surface area contributed by atoms with E-state index in [1.165, 1.54) is 4.91 Å². The number of hydrogen-bond donors (Lipinski definition) is 0. The Bertz CT molecular complexity index is 843. The number of esters is 2. The molecule has 1 aromatic rings. The topological polar surface area (TPSA) is 52.6 Å². The summed E-state index contributed by atoms with van der Waals surface area (Å²) in [5.41, 5.74) is 0.487. The lowest BCUT2D eigenvalue weighted by atomic mass is 9.76. The van der Waals surface area contributed by atoms with Gasteiger partial charge in [0.1, 0.15) is 6.61 Å². The highest BCUT2D eigenvalue weighted by Crippen LogP contribution is 2.38. The molecular formula is C28H40O4S2. The highest BCUT2D eigenvalue weighted by atomic mass is 32.2. The first kappa shape index (κ1) is 28.6. The van der Waals surface area contributed by atoms with Crippen LogP contribution in [0.15, 0.2) is 53.5 Å². The van der Waals surface area contributed by atoms with Crippen LogP contribution in [0, 0.1) is 16.7 Å². The minimum Gasteiger partial charge on any atom is -0.465 e. The van der Waals surface area contributed by atoms with Crippen LogP contribution in [-0.4, -0.2) is 35.8 Å². The first-order valence-corrected chi connectivity index (χ1v) is 14.3. The van der Waals surface area contributed by atoms with E-state index < -0.39 is 5.41 Å². The Morgan fingerprint density at radius 2 is 1.79 bits per heavy atom. The summed E-state index contributed by atoms with van der Waals surface area (Å²) in [6, 6.07) is 9.79. The van der Waals surface area contributed by atoms with Gasteiger partial charge in [-0.1, -0.05) is 69.3 Å². The molecule has 2 rings (SSSR count). The van der Waals surface area contributed by atoms with E-state index in [0.29, 0.717) is 19.6 Å². The van der Waals surface area contributed by atoms with Crippen LogP contribution in [0.5, 0.6) is 0 Å². The van der Waals surface area contributed by atoms with Gasteiger partial charge in [-0.2, -0.15) is 11.8 Å². The van der Waals surface area contributed by atoms with E-state index in [9.17, 15) is 9.59 Å². The van der Waals surface area contributed by atoms with Crippen molar-refractivity contribution in [3.05, 3.63) is 59.0 Å². The molecule has 1 unspecified atom stereocenters. The van der Waals surface area contributed by atoms with Crippen molar-refractivity contribution in [3.8, 4) is 0 Å². The highest BCUT2D eigenvalue weighted by molar-refractivity contribution is 8.05. The second-order valence-electron chi connectivity index (χ2n) is 9.92. The molecule has 0 radical (unpaired) electrons. The number of carbonyl (C=O) groups is 2. The third-order valence-electron chi connectivity index (χ3n) is 5.97. The molecule has 0 aromatic heterocycles. The molecular weight excluding hydrogens is 464 g/mol. The van der Waals surface area contributed by atoms with Crippen molar-refractivity contribution in [2.24, 2.45) is 16.7 Å². The molecule has 188 valence electrons. The highest BCUT2D eigenvalue weighted by Gasteiger charge is 2.30. The standard InChI is InChI=1S/C28H40O4S2/c1-6-10-25(29)31-21-23-13-14-24(19-28(23,4)5)34-18-17-33-16-15-27(2,3)26(30)32-20-22-11-8-7-9-12-22/h7-9,11-14,19,23H,6,10,15-18,20-21H2,1-5H3. The molecule has 0 aliphatic heterocycles. The van der Waals surface area contributed by atoms with E-state index in [1.807, 2.05) is 74.6 Å². The Morgan fingerprint density at radius 3 is 2.47 bits per heavy atom. The number of carbonyl (C=O) groups excluding carboxylic acids is 2. The largest absolute Gasteiger partial charge is 0.465 e. The summed E-state index contributed by atoms with van der Waals surface area (Å²) in [6.45, 7) is 11.1. The van der Waals surface area contributed by atoms with Gasteiger partial charge in [-0.3, -0.25) is 9.59 Å². The molecule has 0 heterocycles. The average Bonchev–Trinajstić information content (AvgIpc) is 2.79. The zero-order chi connectivity index (χ0) is 25.0. The number of benzene rings is 1. The van der Waals surface area contributed by atoms with Crippen molar-refractivity contribution in [3.63, 3.8) is 0 Å². The zero-order valence-electron chi connectivity index (χ0n) is 21.3. The predicted octanol–water partition coefficient (Wildman–Crippen LogP) is 7.05. The van der Waals surface area contributed by atoms with Gasteiger partial charge in [0.15, 0.2) is 0 Å². The number of rotatable bonds is 14. The van der Waals surface area contributed by atoms with Crippen molar-refractivity contribution in [1.82, 2.24) is 0 Å². The van der Waals surface area contributed by atoms with Crippen LogP contribution in [0.1, 0.15) is 59.4 Å². The van der Waals surface area contributed by atoms with Crippen molar-refractivity contribution >= 4 is 35.5 Å². The maximum absolute atomic E-state index is 12.5. The smallest absolute Gasteiger partial charge is 0.311 e. The number of hydrogen-bond acceptors (Lipinski definition) is 6. The number of allylic oxidation sites excluding steroid dienone is 2.